The van der Waals surface area contributed by atoms with E-state index in [1.165, 1.54) is 16.9 Å². The van der Waals surface area contributed by atoms with Crippen LogP contribution in [-0.2, 0) is 10.2 Å². The molecule has 3 aromatic rings. The van der Waals surface area contributed by atoms with Crippen LogP contribution in [-0.4, -0.2) is 31.2 Å². The highest BCUT2D eigenvalue weighted by Crippen LogP contribution is 2.42. The molecule has 1 aliphatic rings. The van der Waals surface area contributed by atoms with Crippen LogP contribution in [0, 0.1) is 0 Å². The molecular formula is C30H37N2O3+. The summed E-state index contributed by atoms with van der Waals surface area (Å²) in [6.07, 6.45) is 6.01. The molecule has 4 rings (SSSR count). The summed E-state index contributed by atoms with van der Waals surface area (Å²) in [4.78, 5) is 15.3. The minimum absolute atomic E-state index is 0.0375. The lowest BCUT2D eigenvalue weighted by atomic mass is 9.76. The van der Waals surface area contributed by atoms with Gasteiger partial charge in [0.25, 0.3) is 0 Å². The topological polar surface area (TPSA) is 55.1 Å². The van der Waals surface area contributed by atoms with Gasteiger partial charge in [-0.1, -0.05) is 38.5 Å². The van der Waals surface area contributed by atoms with Gasteiger partial charge in [-0.05, 0) is 56.5 Å². The fraction of sp³-hybridized carbons (Fsp3) is 0.400. The highest BCUT2D eigenvalue weighted by atomic mass is 16.4. The van der Waals surface area contributed by atoms with Crippen LogP contribution in [0.1, 0.15) is 64.2 Å². The molecule has 1 aliphatic carbocycles. The summed E-state index contributed by atoms with van der Waals surface area (Å²) in [6.45, 7) is 8.54. The number of anilines is 2. The zero-order valence-electron chi connectivity index (χ0n) is 21.4. The Kier molecular flexibility index (Phi) is 7.44. The number of allylic oxidation sites excluding steroid dienone is 1. The molecule has 0 atom stereocenters. The fourth-order valence-corrected chi connectivity index (χ4v) is 4.97. The quantitative estimate of drug-likeness (QED) is 0.246. The van der Waals surface area contributed by atoms with Crippen LogP contribution in [0.15, 0.2) is 64.7 Å². The number of hydrogen-bond acceptors (Lipinski definition) is 3. The number of aliphatic carboxylic acids is 1. The van der Waals surface area contributed by atoms with Crippen molar-refractivity contribution < 1.29 is 14.3 Å². The smallest absolute Gasteiger partial charge is 0.362 e. The van der Waals surface area contributed by atoms with Crippen LogP contribution in [0.4, 0.5) is 11.4 Å². The molecule has 0 bridgehead atoms. The van der Waals surface area contributed by atoms with Gasteiger partial charge >= 0.3 is 17.3 Å². The molecule has 1 aromatic heterocycles. The van der Waals surface area contributed by atoms with E-state index in [9.17, 15) is 4.79 Å². The SMILES string of the molecule is CCN(CCCCCC(=O)O)c1ccc2cc3c([o+]c2c1)C=C(N(C)c1ccccc1)CC3(C)C. The van der Waals surface area contributed by atoms with Crippen molar-refractivity contribution >= 4 is 34.4 Å². The average molecular weight is 474 g/mol. The van der Waals surface area contributed by atoms with Gasteiger partial charge in [0.05, 0.1) is 23.1 Å². The first-order valence-corrected chi connectivity index (χ1v) is 12.7. The van der Waals surface area contributed by atoms with Gasteiger partial charge in [-0.15, -0.1) is 0 Å². The Morgan fingerprint density at radius 2 is 1.80 bits per heavy atom. The Morgan fingerprint density at radius 1 is 1.03 bits per heavy atom. The maximum absolute atomic E-state index is 10.7. The van der Waals surface area contributed by atoms with Crippen molar-refractivity contribution in [2.75, 3.05) is 29.9 Å². The van der Waals surface area contributed by atoms with Crippen LogP contribution in [0.2, 0.25) is 0 Å². The first kappa shape index (κ1) is 24.8. The molecule has 0 saturated heterocycles. The third-order valence-corrected chi connectivity index (χ3v) is 7.07. The van der Waals surface area contributed by atoms with Crippen molar-refractivity contribution in [2.24, 2.45) is 0 Å². The normalized spacial score (nSPS) is 14.3. The van der Waals surface area contributed by atoms with E-state index in [-0.39, 0.29) is 11.8 Å². The third-order valence-electron chi connectivity index (χ3n) is 7.07. The lowest BCUT2D eigenvalue weighted by molar-refractivity contribution is -0.137. The van der Waals surface area contributed by atoms with Gasteiger partial charge in [0.2, 0.25) is 0 Å². The number of benzene rings is 2. The van der Waals surface area contributed by atoms with Crippen molar-refractivity contribution in [3.63, 3.8) is 0 Å². The summed E-state index contributed by atoms with van der Waals surface area (Å²) < 4.78 is 6.55. The molecule has 0 fully saturated rings. The number of para-hydroxylation sites is 1. The minimum atomic E-state index is -0.716. The van der Waals surface area contributed by atoms with E-state index in [1.807, 2.05) is 6.07 Å². The Hall–Kier alpha value is -3.34. The minimum Gasteiger partial charge on any atom is -0.481 e. The summed E-state index contributed by atoms with van der Waals surface area (Å²) in [7, 11) is 2.12. The Labute approximate surface area is 208 Å². The van der Waals surface area contributed by atoms with Crippen molar-refractivity contribution in [2.45, 2.75) is 58.3 Å². The van der Waals surface area contributed by atoms with E-state index in [0.29, 0.717) is 0 Å². The molecule has 0 unspecified atom stereocenters. The zero-order valence-corrected chi connectivity index (χ0v) is 21.4. The predicted octanol–water partition coefficient (Wildman–Crippen LogP) is 7.34. The van der Waals surface area contributed by atoms with Gasteiger partial charge in [-0.25, -0.2) is 4.42 Å². The summed E-state index contributed by atoms with van der Waals surface area (Å²) in [5, 5.41) is 9.96. The first-order valence-electron chi connectivity index (χ1n) is 12.7. The molecule has 35 heavy (non-hydrogen) atoms. The van der Waals surface area contributed by atoms with E-state index in [0.717, 1.165) is 61.2 Å². The Morgan fingerprint density at radius 3 is 2.51 bits per heavy atom. The molecule has 5 heteroatoms. The molecule has 1 N–H and O–H groups in total. The van der Waals surface area contributed by atoms with Gasteiger partial charge in [0, 0.05) is 49.0 Å². The molecule has 5 nitrogen and oxygen atoms in total. The van der Waals surface area contributed by atoms with Crippen LogP contribution in [0.3, 0.4) is 0 Å². The lowest BCUT2D eigenvalue weighted by Gasteiger charge is -2.33. The molecule has 0 radical (unpaired) electrons. The highest BCUT2D eigenvalue weighted by molar-refractivity contribution is 5.83. The van der Waals surface area contributed by atoms with Gasteiger partial charge in [-0.2, -0.15) is 0 Å². The molecule has 2 aromatic carbocycles. The van der Waals surface area contributed by atoms with E-state index >= 15 is 0 Å². The maximum Gasteiger partial charge on any atom is 0.362 e. The number of rotatable bonds is 10. The van der Waals surface area contributed by atoms with Crippen LogP contribution in [0.5, 0.6) is 0 Å². The van der Waals surface area contributed by atoms with Crippen LogP contribution < -0.4 is 9.80 Å². The highest BCUT2D eigenvalue weighted by Gasteiger charge is 2.37. The monoisotopic (exact) mass is 473 g/mol. The fourth-order valence-electron chi connectivity index (χ4n) is 4.97. The number of unbranched alkanes of at least 4 members (excludes halogenated alkanes) is 2. The van der Waals surface area contributed by atoms with E-state index in [4.69, 9.17) is 9.52 Å². The summed E-state index contributed by atoms with van der Waals surface area (Å²) in [5.41, 5.74) is 5.65. The molecule has 0 saturated carbocycles. The van der Waals surface area contributed by atoms with E-state index in [1.54, 1.807) is 0 Å². The predicted molar refractivity (Wildman–Crippen MR) is 145 cm³/mol. The molecule has 0 spiro atoms. The number of fused-ring (bicyclic) bond motifs is 2. The average Bonchev–Trinajstić information content (AvgIpc) is 2.84. The lowest BCUT2D eigenvalue weighted by Crippen LogP contribution is -2.29. The third kappa shape index (κ3) is 5.67. The second-order valence-corrected chi connectivity index (χ2v) is 10.1. The molecule has 184 valence electrons. The zero-order chi connectivity index (χ0) is 25.0. The standard InChI is InChI=1S/C30H36N2O3/c1-5-32(17-11-7-10-14-29(33)34)24-16-15-22-18-26-28(35-27(22)19-24)20-25(21-30(26,2)3)31(4)23-12-8-6-9-13-23/h6,8-9,12-13,15-16,18-20H,5,7,10-11,14,17,21H2,1-4H3/p+1. The Bertz CT molecular complexity index is 1220. The van der Waals surface area contributed by atoms with Crippen molar-refractivity contribution in [3.05, 3.63) is 71.6 Å². The van der Waals surface area contributed by atoms with E-state index in [2.05, 4.69) is 92.2 Å². The largest absolute Gasteiger partial charge is 0.481 e. The number of carboxylic acids is 1. The molecular weight excluding hydrogens is 436 g/mol. The van der Waals surface area contributed by atoms with Crippen LogP contribution in [0.25, 0.3) is 17.0 Å². The van der Waals surface area contributed by atoms with Crippen molar-refractivity contribution in [3.8, 4) is 0 Å². The molecule has 0 aliphatic heterocycles. The van der Waals surface area contributed by atoms with Crippen molar-refractivity contribution in [1.29, 1.82) is 0 Å². The van der Waals surface area contributed by atoms with Gasteiger partial charge in [-0.3, -0.25) is 4.79 Å². The van der Waals surface area contributed by atoms with Gasteiger partial charge < -0.3 is 14.9 Å². The van der Waals surface area contributed by atoms with Gasteiger partial charge in [0.15, 0.2) is 0 Å². The maximum atomic E-state index is 10.7. The number of carbonyl (C=O) groups is 1. The number of nitrogens with zero attached hydrogens (tertiary/aromatic N) is 2. The van der Waals surface area contributed by atoms with E-state index < -0.39 is 5.97 Å². The number of hydrogen-bond donors (Lipinski definition) is 1. The Balaban J connectivity index is 1.61. The first-order chi connectivity index (χ1) is 16.8. The second-order valence-electron chi connectivity index (χ2n) is 10.1. The summed E-state index contributed by atoms with van der Waals surface area (Å²) >= 11 is 0. The second kappa shape index (κ2) is 10.5. The number of carboxylic acid groups (broad SMARTS) is 1. The molecule has 1 heterocycles. The van der Waals surface area contributed by atoms with Crippen LogP contribution >= 0.6 is 0 Å². The molecule has 0 amide bonds. The van der Waals surface area contributed by atoms with Crippen molar-refractivity contribution in [1.82, 2.24) is 0 Å². The summed E-state index contributed by atoms with van der Waals surface area (Å²) in [6, 6.07) is 19.2. The van der Waals surface area contributed by atoms with Gasteiger partial charge in [0.1, 0.15) is 0 Å². The summed E-state index contributed by atoms with van der Waals surface area (Å²) in [5.74, 6) is 0.215.